The van der Waals surface area contributed by atoms with Crippen LogP contribution in [0.1, 0.15) is 44.9 Å². The fourth-order valence-corrected chi connectivity index (χ4v) is 10.3. The van der Waals surface area contributed by atoms with Crippen LogP contribution in [0.3, 0.4) is 0 Å². The van der Waals surface area contributed by atoms with Crippen molar-refractivity contribution in [3.8, 4) is 39.8 Å². The van der Waals surface area contributed by atoms with Crippen molar-refractivity contribution in [2.75, 3.05) is 35.6 Å². The van der Waals surface area contributed by atoms with Gasteiger partial charge in [0.25, 0.3) is 0 Å². The van der Waals surface area contributed by atoms with Gasteiger partial charge >= 0.3 is 18.1 Å². The lowest BCUT2D eigenvalue weighted by molar-refractivity contribution is 0.205. The number of aromatic amines is 3. The molecular formula is C59H51BrCl3N13O3. The predicted molar refractivity (Wildman–Crippen MR) is 313 cm³/mol. The molecule has 0 unspecified atom stereocenters. The Bertz CT molecular complexity index is 3720. The number of fused-ring (bicyclic) bond motifs is 3. The maximum atomic E-state index is 12.8. The summed E-state index contributed by atoms with van der Waals surface area (Å²) in [5.74, 6) is 0. The van der Waals surface area contributed by atoms with Crippen molar-refractivity contribution < 1.29 is 14.4 Å². The van der Waals surface area contributed by atoms with Gasteiger partial charge in [-0.3, -0.25) is 15.3 Å². The highest BCUT2D eigenvalue weighted by molar-refractivity contribution is 9.10. The van der Waals surface area contributed by atoms with Crippen molar-refractivity contribution in [3.63, 3.8) is 0 Å². The van der Waals surface area contributed by atoms with Gasteiger partial charge in [-0.2, -0.15) is 20.6 Å². The summed E-state index contributed by atoms with van der Waals surface area (Å²) in [6, 6.07) is 47.1. The Morgan fingerprint density at radius 1 is 0.532 bits per heavy atom. The maximum Gasteiger partial charge on any atom is 0.322 e. The van der Waals surface area contributed by atoms with Crippen LogP contribution in [0, 0.1) is 18.3 Å². The third kappa shape index (κ3) is 12.5. The molecule has 9 aromatic rings. The van der Waals surface area contributed by atoms with Crippen LogP contribution in [0.4, 0.5) is 31.4 Å². The molecule has 6 heterocycles. The molecule has 6 amide bonds. The summed E-state index contributed by atoms with van der Waals surface area (Å²) in [4.78, 5) is 43.5. The van der Waals surface area contributed by atoms with Crippen LogP contribution in [0.5, 0.6) is 0 Å². The molecule has 0 saturated heterocycles. The SMILES string of the molecule is Cc1c(Cl)cccc1NC(=O)N1CCc2[nH]nc(-c3ccccc3)c2C1.N#Cc1ccc(Cl)cc1NC(=O)N1CCc2[nH]nc(-c3ccccc3)c2C1.O=C(Nc1ccc(Br)c(Cl)c1)N1CCc2[nH]nc(-c3ccccc3)c2C1. The zero-order chi connectivity index (χ0) is 55.0. The lowest BCUT2D eigenvalue weighted by Gasteiger charge is -2.27. The van der Waals surface area contributed by atoms with Crippen LogP contribution < -0.4 is 16.0 Å². The number of aromatic nitrogens is 6. The second-order valence-corrected chi connectivity index (χ2v) is 20.9. The summed E-state index contributed by atoms with van der Waals surface area (Å²) in [5, 5.41) is 42.3. The summed E-state index contributed by atoms with van der Waals surface area (Å²) in [6.07, 6.45) is 2.21. The third-order valence-corrected chi connectivity index (χ3v) is 15.7. The average Bonchev–Trinajstić information content (AvgIpc) is 4.28. The van der Waals surface area contributed by atoms with E-state index in [1.807, 2.05) is 133 Å². The van der Waals surface area contributed by atoms with E-state index < -0.39 is 0 Å². The van der Waals surface area contributed by atoms with Gasteiger partial charge in [0.15, 0.2) is 0 Å². The van der Waals surface area contributed by atoms with E-state index in [4.69, 9.17) is 34.8 Å². The normalized spacial score (nSPS) is 13.2. The largest absolute Gasteiger partial charge is 0.322 e. The lowest BCUT2D eigenvalue weighted by atomic mass is 10.0. The highest BCUT2D eigenvalue weighted by Crippen LogP contribution is 2.33. The molecule has 6 N–H and O–H groups in total. The number of hydrogen-bond acceptors (Lipinski definition) is 7. The number of benzene rings is 6. The minimum Gasteiger partial charge on any atom is -0.320 e. The smallest absolute Gasteiger partial charge is 0.320 e. The minimum absolute atomic E-state index is 0.124. The number of amides is 6. The Kier molecular flexibility index (Phi) is 16.7. The van der Waals surface area contributed by atoms with Crippen molar-refractivity contribution >= 4 is 85.9 Å². The zero-order valence-electron chi connectivity index (χ0n) is 42.6. The number of anilines is 3. The Balaban J connectivity index is 0.000000134. The monoisotopic (exact) mass is 1170 g/mol. The number of H-pyrrole nitrogens is 3. The first-order valence-electron chi connectivity index (χ1n) is 25.3. The molecule has 79 heavy (non-hydrogen) atoms. The molecule has 12 rings (SSSR count). The first-order chi connectivity index (χ1) is 38.4. The number of carbonyl (C=O) groups is 3. The highest BCUT2D eigenvalue weighted by atomic mass is 79.9. The van der Waals surface area contributed by atoms with E-state index in [1.54, 1.807) is 34.1 Å². The van der Waals surface area contributed by atoms with Crippen LogP contribution in [0.2, 0.25) is 15.1 Å². The molecule has 0 bridgehead atoms. The number of nitrogens with one attached hydrogen (secondary N) is 6. The molecule has 0 aliphatic carbocycles. The summed E-state index contributed by atoms with van der Waals surface area (Å²) in [5.41, 5.74) is 15.3. The van der Waals surface area contributed by atoms with Gasteiger partial charge in [-0.1, -0.05) is 132 Å². The number of urea groups is 3. The van der Waals surface area contributed by atoms with Gasteiger partial charge in [-0.15, -0.1) is 0 Å². The number of nitrogens with zero attached hydrogens (tertiary/aromatic N) is 7. The second-order valence-electron chi connectivity index (χ2n) is 18.8. The zero-order valence-corrected chi connectivity index (χ0v) is 46.4. The summed E-state index contributed by atoms with van der Waals surface area (Å²) < 4.78 is 0.797. The topological polar surface area (TPSA) is 207 Å². The van der Waals surface area contributed by atoms with Gasteiger partial charge in [-0.25, -0.2) is 14.4 Å². The van der Waals surface area contributed by atoms with Crippen molar-refractivity contribution in [2.45, 2.75) is 45.8 Å². The number of nitriles is 1. The van der Waals surface area contributed by atoms with Gasteiger partial charge in [0, 0.05) is 115 Å². The number of halogens is 4. The first-order valence-corrected chi connectivity index (χ1v) is 27.3. The number of hydrogen-bond donors (Lipinski definition) is 6. The Labute approximate surface area is 479 Å². The molecule has 0 saturated carbocycles. The van der Waals surface area contributed by atoms with Gasteiger partial charge in [0.2, 0.25) is 0 Å². The van der Waals surface area contributed by atoms with E-state index in [0.717, 1.165) is 96.1 Å². The number of rotatable bonds is 6. The Hall–Kier alpha value is -8.40. The molecule has 6 aromatic carbocycles. The average molecular weight is 1180 g/mol. The van der Waals surface area contributed by atoms with E-state index in [0.29, 0.717) is 77.7 Å². The molecule has 3 aromatic heterocycles. The van der Waals surface area contributed by atoms with E-state index in [2.05, 4.69) is 68.5 Å². The molecule has 0 fully saturated rings. The third-order valence-electron chi connectivity index (χ3n) is 13.8. The van der Waals surface area contributed by atoms with E-state index in [9.17, 15) is 19.6 Å². The number of carbonyl (C=O) groups excluding carboxylic acids is 3. The Morgan fingerprint density at radius 2 is 0.975 bits per heavy atom. The van der Waals surface area contributed by atoms with Crippen LogP contribution in [-0.4, -0.2) is 83.0 Å². The molecule has 398 valence electrons. The highest BCUT2D eigenvalue weighted by Gasteiger charge is 2.29. The molecule has 0 radical (unpaired) electrons. The molecule has 3 aliphatic rings. The summed E-state index contributed by atoms with van der Waals surface area (Å²) in [7, 11) is 0. The van der Waals surface area contributed by atoms with Gasteiger partial charge in [0.1, 0.15) is 6.07 Å². The van der Waals surface area contributed by atoms with Gasteiger partial charge in [-0.05, 0) is 76.9 Å². The second kappa shape index (κ2) is 24.5. The van der Waals surface area contributed by atoms with Gasteiger partial charge < -0.3 is 30.7 Å². The quantitative estimate of drug-likeness (QED) is 0.0949. The van der Waals surface area contributed by atoms with Crippen LogP contribution in [0.15, 0.2) is 150 Å². The molecule has 20 heteroatoms. The van der Waals surface area contributed by atoms with Crippen LogP contribution in [0.25, 0.3) is 33.8 Å². The summed E-state index contributed by atoms with van der Waals surface area (Å²) >= 11 is 21.6. The standard InChI is InChI=1S/C20H16ClN5O.C20H19ClN4O.C19H16BrClN4O/c21-15-7-6-14(11-22)18(10-15)23-20(27)26-9-8-17-16(12-26)19(25-24-17)13-4-2-1-3-5-13;1-13-16(21)8-5-9-17(13)22-20(26)25-11-10-18-15(12-25)19(24-23-18)14-6-3-2-4-7-14;20-15-7-6-13(10-16(15)21)22-19(26)25-9-8-17-14(11-25)18(24-23-17)12-4-2-1-3-5-12/h1-7,10H,8-9,12H2,(H,23,27)(H,24,25);2-9H,10-12H2,1H3,(H,22,26)(H,23,24);1-7,10H,8-9,11H2,(H,22,26)(H,23,24). The van der Waals surface area contributed by atoms with E-state index in [-0.39, 0.29) is 18.1 Å². The molecule has 0 spiro atoms. The molecule has 3 aliphatic heterocycles. The van der Waals surface area contributed by atoms with Crippen LogP contribution >= 0.6 is 50.7 Å². The maximum absolute atomic E-state index is 12.8. The fraction of sp³-hybridized carbons (Fsp3) is 0.169. The molecule has 16 nitrogen and oxygen atoms in total. The summed E-state index contributed by atoms with van der Waals surface area (Å²) in [6.45, 7) is 5.25. The van der Waals surface area contributed by atoms with Crippen molar-refractivity contribution in [1.29, 1.82) is 5.26 Å². The first kappa shape index (κ1) is 54.0. The fourth-order valence-electron chi connectivity index (χ4n) is 9.53. The van der Waals surface area contributed by atoms with Gasteiger partial charge in [0.05, 0.1) is 53.0 Å². The van der Waals surface area contributed by atoms with Crippen LogP contribution in [-0.2, 0) is 38.9 Å². The molecule has 0 atom stereocenters. The van der Waals surface area contributed by atoms with E-state index >= 15 is 0 Å². The minimum atomic E-state index is -0.264. The van der Waals surface area contributed by atoms with Crippen molar-refractivity contribution in [2.24, 2.45) is 0 Å². The Morgan fingerprint density at radius 3 is 1.42 bits per heavy atom. The predicted octanol–water partition coefficient (Wildman–Crippen LogP) is 13.9. The van der Waals surface area contributed by atoms with Crippen molar-refractivity contribution in [1.82, 2.24) is 45.3 Å². The lowest BCUT2D eigenvalue weighted by Crippen LogP contribution is -2.39. The van der Waals surface area contributed by atoms with E-state index in [1.165, 1.54) is 0 Å². The molecular weight excluding hydrogens is 1120 g/mol. The van der Waals surface area contributed by atoms with Crippen molar-refractivity contribution in [3.05, 3.63) is 210 Å².